The van der Waals surface area contributed by atoms with Crippen LogP contribution >= 0.6 is 0 Å². The molecule has 1 saturated carbocycles. The first-order valence-electron chi connectivity index (χ1n) is 12.3. The number of halogens is 3. The normalized spacial score (nSPS) is 18.6. The molecule has 1 saturated heterocycles. The van der Waals surface area contributed by atoms with E-state index in [4.69, 9.17) is 14.2 Å². The van der Waals surface area contributed by atoms with Crippen molar-refractivity contribution in [3.8, 4) is 23.1 Å². The quantitative estimate of drug-likeness (QED) is 0.394. The number of amides is 1. The summed E-state index contributed by atoms with van der Waals surface area (Å²) in [4.78, 5) is 11.9. The zero-order chi connectivity index (χ0) is 26.9. The maximum absolute atomic E-state index is 12.7. The topological polar surface area (TPSA) is 94.7 Å². The minimum atomic E-state index is -4.65. The van der Waals surface area contributed by atoms with E-state index in [0.29, 0.717) is 24.5 Å². The van der Waals surface area contributed by atoms with Crippen molar-refractivity contribution in [2.75, 3.05) is 25.3 Å². The third kappa shape index (κ3) is 5.28. The number of fused-ring (bicyclic) bond motifs is 1. The van der Waals surface area contributed by atoms with Gasteiger partial charge in [-0.2, -0.15) is 18.4 Å². The number of nitrogens with zero attached hydrogens (tertiary/aromatic N) is 2. The Kier molecular flexibility index (Phi) is 7.19. The molecule has 11 heteroatoms. The molecule has 2 aliphatic rings. The number of rotatable bonds is 7. The van der Waals surface area contributed by atoms with Crippen molar-refractivity contribution in [2.24, 2.45) is 0 Å². The van der Waals surface area contributed by atoms with Crippen molar-refractivity contribution >= 4 is 22.7 Å². The molecule has 1 aromatic heterocycles. The minimum Gasteiger partial charge on any atom is -0.491 e. The molecule has 0 spiro atoms. The molecule has 8 nitrogen and oxygen atoms in total. The monoisotopic (exact) mass is 529 g/mol. The van der Waals surface area contributed by atoms with Gasteiger partial charge < -0.3 is 23.5 Å². The zero-order valence-corrected chi connectivity index (χ0v) is 20.6. The van der Waals surface area contributed by atoms with Crippen molar-refractivity contribution < 1.29 is 36.9 Å². The predicted octanol–water partition coefficient (Wildman–Crippen LogP) is 6.16. The second-order valence-electron chi connectivity index (χ2n) is 9.35. The Balaban J connectivity index is 1.43. The highest BCUT2D eigenvalue weighted by Gasteiger charge is 2.39. The summed E-state index contributed by atoms with van der Waals surface area (Å²) in [6, 6.07) is 14.8. The van der Waals surface area contributed by atoms with Gasteiger partial charge in [-0.05, 0) is 56.0 Å². The molecule has 200 valence electrons. The lowest BCUT2D eigenvalue weighted by Crippen LogP contribution is -2.32. The maximum Gasteiger partial charge on any atom is 0.425 e. The van der Waals surface area contributed by atoms with Gasteiger partial charge >= 0.3 is 12.3 Å². The van der Waals surface area contributed by atoms with E-state index in [1.54, 1.807) is 24.3 Å². The summed E-state index contributed by atoms with van der Waals surface area (Å²) in [7, 11) is 0. The lowest BCUT2D eigenvalue weighted by atomic mass is 9.92. The molecule has 38 heavy (non-hydrogen) atoms. The van der Waals surface area contributed by atoms with Gasteiger partial charge in [0, 0.05) is 23.2 Å². The molecule has 0 radical (unpaired) electrons. The van der Waals surface area contributed by atoms with Crippen molar-refractivity contribution in [3.05, 3.63) is 48.0 Å². The molecular formula is C27H26F3N3O5. The molecule has 1 amide bonds. The zero-order valence-electron chi connectivity index (χ0n) is 20.6. The third-order valence-electron chi connectivity index (χ3n) is 6.80. The number of benzene rings is 2. The van der Waals surface area contributed by atoms with Crippen LogP contribution in [0.4, 0.5) is 23.7 Å². The number of hydrogen-bond acceptors (Lipinski definition) is 6. The van der Waals surface area contributed by atoms with Crippen LogP contribution in [-0.2, 0) is 14.2 Å². The number of aromatic nitrogens is 1. The minimum absolute atomic E-state index is 0.129. The standard InChI is InChI=1S/C27H26F3N3O5/c1-16(27(28,29)30)38-26(34)32-18-7-5-17(6-8-18)25-23(12-31)22-10-9-20(36-14-21-13-35-15-37-21)11-24(22)33(25)19-3-2-4-19/h5-11,16,19,21H,2-4,13-15H2,1H3,(H,32,34)/t16-,21?/m1/s1. The second-order valence-corrected chi connectivity index (χ2v) is 9.35. The van der Waals surface area contributed by atoms with Gasteiger partial charge in [0.1, 0.15) is 31.3 Å². The first-order chi connectivity index (χ1) is 18.2. The fourth-order valence-electron chi connectivity index (χ4n) is 4.54. The number of alkyl halides is 3. The summed E-state index contributed by atoms with van der Waals surface area (Å²) in [6.45, 7) is 1.85. The fourth-order valence-corrected chi connectivity index (χ4v) is 4.54. The summed E-state index contributed by atoms with van der Waals surface area (Å²) >= 11 is 0. The number of anilines is 1. The SMILES string of the molecule is C[C@@H](OC(=O)Nc1ccc(-c2c(C#N)c3ccc(OCC4COCO4)cc3n2C2CCC2)cc1)C(F)(F)F. The summed E-state index contributed by atoms with van der Waals surface area (Å²) < 4.78 is 61.2. The highest BCUT2D eigenvalue weighted by atomic mass is 19.4. The van der Waals surface area contributed by atoms with E-state index < -0.39 is 18.4 Å². The largest absolute Gasteiger partial charge is 0.491 e. The smallest absolute Gasteiger partial charge is 0.425 e. The molecule has 0 bridgehead atoms. The van der Waals surface area contributed by atoms with Crippen LogP contribution in [0, 0.1) is 11.3 Å². The van der Waals surface area contributed by atoms with Gasteiger partial charge in [-0.3, -0.25) is 5.32 Å². The molecule has 3 aromatic rings. The van der Waals surface area contributed by atoms with Gasteiger partial charge in [-0.25, -0.2) is 4.79 Å². The van der Waals surface area contributed by atoms with E-state index in [2.05, 4.69) is 20.7 Å². The van der Waals surface area contributed by atoms with Gasteiger partial charge in [0.15, 0.2) is 6.10 Å². The van der Waals surface area contributed by atoms with Crippen LogP contribution in [0.1, 0.15) is 37.8 Å². The first kappa shape index (κ1) is 25.9. The summed E-state index contributed by atoms with van der Waals surface area (Å²) in [5.41, 5.74) is 3.16. The van der Waals surface area contributed by atoms with Crippen molar-refractivity contribution in [3.63, 3.8) is 0 Å². The highest BCUT2D eigenvalue weighted by molar-refractivity contribution is 5.96. The number of carbonyl (C=O) groups excluding carboxylic acids is 1. The van der Waals surface area contributed by atoms with E-state index in [1.807, 2.05) is 18.2 Å². The Bertz CT molecular complexity index is 1350. The fraction of sp³-hybridized carbons (Fsp3) is 0.407. The van der Waals surface area contributed by atoms with E-state index in [0.717, 1.165) is 48.3 Å². The van der Waals surface area contributed by atoms with Crippen LogP contribution in [-0.4, -0.2) is 49.1 Å². The Morgan fingerprint density at radius 3 is 2.61 bits per heavy atom. The van der Waals surface area contributed by atoms with Crippen molar-refractivity contribution in [1.82, 2.24) is 4.57 Å². The lowest BCUT2D eigenvalue weighted by Gasteiger charge is -2.30. The summed E-state index contributed by atoms with van der Waals surface area (Å²) in [6.07, 6.45) is -5.17. The Hall–Kier alpha value is -3.75. The van der Waals surface area contributed by atoms with E-state index in [1.165, 1.54) is 0 Å². The van der Waals surface area contributed by atoms with Gasteiger partial charge in [0.05, 0.1) is 23.4 Å². The number of carbonyl (C=O) groups is 1. The highest BCUT2D eigenvalue weighted by Crippen LogP contribution is 2.43. The van der Waals surface area contributed by atoms with E-state index >= 15 is 0 Å². The third-order valence-corrected chi connectivity index (χ3v) is 6.80. The Labute approximate surface area is 216 Å². The van der Waals surface area contributed by atoms with Crippen molar-refractivity contribution in [1.29, 1.82) is 5.26 Å². The van der Waals surface area contributed by atoms with Gasteiger partial charge in [-0.15, -0.1) is 0 Å². The molecule has 2 heterocycles. The van der Waals surface area contributed by atoms with Crippen LogP contribution in [0.15, 0.2) is 42.5 Å². The van der Waals surface area contributed by atoms with Crippen LogP contribution < -0.4 is 10.1 Å². The van der Waals surface area contributed by atoms with Gasteiger partial charge in [0.2, 0.25) is 0 Å². The lowest BCUT2D eigenvalue weighted by molar-refractivity contribution is -0.196. The molecule has 1 aliphatic heterocycles. The van der Waals surface area contributed by atoms with Gasteiger partial charge in [0.25, 0.3) is 0 Å². The molecule has 1 N–H and O–H groups in total. The van der Waals surface area contributed by atoms with E-state index in [-0.39, 0.29) is 24.6 Å². The molecule has 2 fully saturated rings. The number of ether oxygens (including phenoxy) is 4. The van der Waals surface area contributed by atoms with E-state index in [9.17, 15) is 23.2 Å². The summed E-state index contributed by atoms with van der Waals surface area (Å²) in [5, 5.41) is 13.2. The summed E-state index contributed by atoms with van der Waals surface area (Å²) in [5.74, 6) is 0.660. The number of nitrogens with one attached hydrogen (secondary N) is 1. The maximum atomic E-state index is 12.7. The van der Waals surface area contributed by atoms with Crippen LogP contribution in [0.25, 0.3) is 22.2 Å². The first-order valence-corrected chi connectivity index (χ1v) is 12.3. The molecule has 2 atom stereocenters. The molecule has 1 unspecified atom stereocenters. The molecule has 5 rings (SSSR count). The molecule has 2 aromatic carbocycles. The average Bonchev–Trinajstić information content (AvgIpc) is 3.48. The van der Waals surface area contributed by atoms with Crippen LogP contribution in [0.2, 0.25) is 0 Å². The average molecular weight is 530 g/mol. The number of hydrogen-bond donors (Lipinski definition) is 1. The second kappa shape index (κ2) is 10.6. The number of nitriles is 1. The Morgan fingerprint density at radius 1 is 1.24 bits per heavy atom. The molecule has 1 aliphatic carbocycles. The van der Waals surface area contributed by atoms with Crippen LogP contribution in [0.5, 0.6) is 5.75 Å². The van der Waals surface area contributed by atoms with Crippen LogP contribution in [0.3, 0.4) is 0 Å². The van der Waals surface area contributed by atoms with Crippen molar-refractivity contribution in [2.45, 2.75) is 50.6 Å². The Morgan fingerprint density at radius 2 is 2.00 bits per heavy atom. The predicted molar refractivity (Wildman–Crippen MR) is 132 cm³/mol. The molecular weight excluding hydrogens is 503 g/mol. The van der Waals surface area contributed by atoms with Gasteiger partial charge in [-0.1, -0.05) is 12.1 Å².